The minimum absolute atomic E-state index is 0.0962. The van der Waals surface area contributed by atoms with Gasteiger partial charge in [-0.1, -0.05) is 18.5 Å². The smallest absolute Gasteiger partial charge is 0.311 e. The lowest BCUT2D eigenvalue weighted by Crippen LogP contribution is -2.24. The Hall–Kier alpha value is -1.76. The molecule has 1 aromatic heterocycles. The maximum atomic E-state index is 11.3. The molecule has 0 aliphatic heterocycles. The molecule has 2 unspecified atom stereocenters. The summed E-state index contributed by atoms with van der Waals surface area (Å²) in [5.74, 6) is 0.0962. The fraction of sp³-hybridized carbons (Fsp3) is 0.667. The van der Waals surface area contributed by atoms with Crippen molar-refractivity contribution in [1.29, 1.82) is 0 Å². The highest BCUT2D eigenvalue weighted by Crippen LogP contribution is 2.24. The predicted octanol–water partition coefficient (Wildman–Crippen LogP) is 1.17. The lowest BCUT2D eigenvalue weighted by molar-refractivity contribution is 0.493. The molecule has 1 heterocycles. The van der Waals surface area contributed by atoms with Crippen LogP contribution in [0, 0.1) is 4.91 Å². The van der Waals surface area contributed by atoms with Crippen LogP contribution in [0.1, 0.15) is 50.6 Å². The Labute approximate surface area is 110 Å². The lowest BCUT2D eigenvalue weighted by atomic mass is 9.93. The minimum atomic E-state index is -0.680. The molecule has 0 radical (unpaired) electrons. The van der Waals surface area contributed by atoms with Crippen LogP contribution < -0.4 is 17.0 Å². The van der Waals surface area contributed by atoms with Crippen molar-refractivity contribution in [2.75, 3.05) is 0 Å². The Morgan fingerprint density at radius 1 is 1.26 bits per heavy atom. The van der Waals surface area contributed by atoms with Gasteiger partial charge < -0.3 is 10.7 Å². The number of rotatable bonds is 8. The lowest BCUT2D eigenvalue weighted by Gasteiger charge is -2.16. The highest BCUT2D eigenvalue weighted by molar-refractivity contribution is 5.05. The van der Waals surface area contributed by atoms with E-state index in [4.69, 9.17) is 5.73 Å². The van der Waals surface area contributed by atoms with Crippen LogP contribution in [0.25, 0.3) is 0 Å². The van der Waals surface area contributed by atoms with E-state index in [-0.39, 0.29) is 5.92 Å². The first-order valence-electron chi connectivity index (χ1n) is 6.48. The van der Waals surface area contributed by atoms with Gasteiger partial charge in [0.2, 0.25) is 0 Å². The minimum Gasteiger partial charge on any atom is -0.311 e. The van der Waals surface area contributed by atoms with Gasteiger partial charge in [0.25, 0.3) is 5.56 Å². The van der Waals surface area contributed by atoms with Gasteiger partial charge in [-0.25, -0.2) is 4.79 Å². The Morgan fingerprint density at radius 3 is 2.58 bits per heavy atom. The Bertz CT molecular complexity index is 480. The molecule has 7 nitrogen and oxygen atoms in total. The molecule has 1 aromatic rings. The average Bonchev–Trinajstić information content (AvgIpc) is 2.36. The van der Waals surface area contributed by atoms with Crippen molar-refractivity contribution in [2.24, 2.45) is 10.9 Å². The van der Waals surface area contributed by atoms with E-state index in [1.54, 1.807) is 0 Å². The highest BCUT2D eigenvalue weighted by atomic mass is 16.3. The summed E-state index contributed by atoms with van der Waals surface area (Å²) in [6, 6.07) is 1.42. The van der Waals surface area contributed by atoms with E-state index < -0.39 is 17.4 Å². The zero-order chi connectivity index (χ0) is 14.3. The molecule has 0 amide bonds. The van der Waals surface area contributed by atoms with Crippen LogP contribution in [0.2, 0.25) is 0 Å². The summed E-state index contributed by atoms with van der Waals surface area (Å²) in [5, 5.41) is 2.75. The monoisotopic (exact) mass is 268 g/mol. The van der Waals surface area contributed by atoms with Gasteiger partial charge in [0.15, 0.2) is 0 Å². The predicted molar refractivity (Wildman–Crippen MR) is 73.0 cm³/mol. The number of aromatic amines is 2. The maximum absolute atomic E-state index is 11.3. The molecule has 106 valence electrons. The molecule has 0 aromatic carbocycles. The van der Waals surface area contributed by atoms with Crippen LogP contribution in [-0.4, -0.2) is 16.1 Å². The molecule has 0 fully saturated rings. The van der Waals surface area contributed by atoms with Crippen molar-refractivity contribution in [3.8, 4) is 0 Å². The van der Waals surface area contributed by atoms with E-state index in [0.717, 1.165) is 25.7 Å². The second kappa shape index (κ2) is 7.63. The number of nitrogens with one attached hydrogen (secondary N) is 2. The topological polar surface area (TPSA) is 121 Å². The van der Waals surface area contributed by atoms with Crippen molar-refractivity contribution in [2.45, 2.75) is 51.1 Å². The zero-order valence-corrected chi connectivity index (χ0v) is 11.0. The van der Waals surface area contributed by atoms with E-state index in [9.17, 15) is 14.5 Å². The van der Waals surface area contributed by atoms with E-state index >= 15 is 0 Å². The molecule has 0 aliphatic carbocycles. The van der Waals surface area contributed by atoms with E-state index in [1.165, 1.54) is 6.07 Å². The van der Waals surface area contributed by atoms with Crippen molar-refractivity contribution in [1.82, 2.24) is 9.97 Å². The van der Waals surface area contributed by atoms with Gasteiger partial charge >= 0.3 is 5.69 Å². The molecule has 4 N–H and O–H groups in total. The highest BCUT2D eigenvalue weighted by Gasteiger charge is 2.13. The largest absolute Gasteiger partial charge is 0.325 e. The van der Waals surface area contributed by atoms with Gasteiger partial charge in [-0.15, -0.1) is 4.91 Å². The van der Waals surface area contributed by atoms with Crippen molar-refractivity contribution >= 4 is 0 Å². The molecule has 2 atom stereocenters. The second-order valence-corrected chi connectivity index (χ2v) is 4.63. The number of H-pyrrole nitrogens is 2. The first-order valence-corrected chi connectivity index (χ1v) is 6.48. The number of nitrogens with two attached hydrogens (primary N) is 1. The van der Waals surface area contributed by atoms with E-state index in [1.807, 2.05) is 6.92 Å². The maximum Gasteiger partial charge on any atom is 0.325 e. The SMILES string of the molecule is CCCC(CCCC(N)N=O)c1cc(=O)[nH]c(=O)[nH]1. The number of hydrogen-bond acceptors (Lipinski definition) is 5. The molecule has 0 spiro atoms. The summed E-state index contributed by atoms with van der Waals surface area (Å²) in [5.41, 5.74) is 5.18. The standard InChI is InChI=1S/C12H20N4O3/c1-2-4-8(5-3-6-10(13)16-19)9-7-11(17)15-12(18)14-9/h7-8,10H,2-6,13H2,1H3,(H2,14,15,17,18). The first-order chi connectivity index (χ1) is 9.06. The molecular formula is C12H20N4O3. The van der Waals surface area contributed by atoms with Crippen LogP contribution in [-0.2, 0) is 0 Å². The average molecular weight is 268 g/mol. The second-order valence-electron chi connectivity index (χ2n) is 4.63. The number of hydrogen-bond donors (Lipinski definition) is 3. The zero-order valence-electron chi connectivity index (χ0n) is 11.0. The molecule has 0 aliphatic rings. The summed E-state index contributed by atoms with van der Waals surface area (Å²) in [4.78, 5) is 37.6. The fourth-order valence-corrected chi connectivity index (χ4v) is 2.14. The Kier molecular flexibility index (Phi) is 6.14. The molecule has 0 saturated carbocycles. The third kappa shape index (κ3) is 5.17. The van der Waals surface area contributed by atoms with Crippen LogP contribution in [0.4, 0.5) is 0 Å². The third-order valence-corrected chi connectivity index (χ3v) is 3.05. The van der Waals surface area contributed by atoms with Gasteiger partial charge in [-0.05, 0) is 31.6 Å². The Balaban J connectivity index is 2.73. The van der Waals surface area contributed by atoms with Gasteiger partial charge in [0.1, 0.15) is 6.17 Å². The van der Waals surface area contributed by atoms with Gasteiger partial charge in [-0.2, -0.15) is 0 Å². The van der Waals surface area contributed by atoms with Crippen molar-refractivity contribution < 1.29 is 0 Å². The fourth-order valence-electron chi connectivity index (χ4n) is 2.14. The summed E-state index contributed by atoms with van der Waals surface area (Å²) < 4.78 is 0. The molecule has 0 saturated heterocycles. The number of nitrogens with zero attached hydrogens (tertiary/aromatic N) is 1. The summed E-state index contributed by atoms with van der Waals surface area (Å²) >= 11 is 0. The van der Waals surface area contributed by atoms with Crippen LogP contribution in [0.5, 0.6) is 0 Å². The summed E-state index contributed by atoms with van der Waals surface area (Å²) in [6.07, 6.45) is 3.13. The molecule has 0 bridgehead atoms. The molecular weight excluding hydrogens is 248 g/mol. The molecule has 7 heteroatoms. The molecule has 19 heavy (non-hydrogen) atoms. The number of aromatic nitrogens is 2. The number of nitroso groups, excluding NO2 is 1. The van der Waals surface area contributed by atoms with E-state index in [0.29, 0.717) is 12.1 Å². The van der Waals surface area contributed by atoms with Crippen molar-refractivity contribution in [3.05, 3.63) is 37.5 Å². The van der Waals surface area contributed by atoms with Gasteiger partial charge in [0, 0.05) is 11.8 Å². The van der Waals surface area contributed by atoms with E-state index in [2.05, 4.69) is 15.1 Å². The van der Waals surface area contributed by atoms with Gasteiger partial charge in [0.05, 0.1) is 0 Å². The van der Waals surface area contributed by atoms with Crippen LogP contribution >= 0.6 is 0 Å². The van der Waals surface area contributed by atoms with Gasteiger partial charge in [-0.3, -0.25) is 9.78 Å². The third-order valence-electron chi connectivity index (χ3n) is 3.05. The van der Waals surface area contributed by atoms with Crippen LogP contribution in [0.3, 0.4) is 0 Å². The first kappa shape index (κ1) is 15.3. The summed E-state index contributed by atoms with van der Waals surface area (Å²) in [6.45, 7) is 2.04. The molecule has 1 rings (SSSR count). The Morgan fingerprint density at radius 2 is 2.00 bits per heavy atom. The normalized spacial score (nSPS) is 14.0. The van der Waals surface area contributed by atoms with Crippen LogP contribution in [0.15, 0.2) is 20.8 Å². The summed E-state index contributed by atoms with van der Waals surface area (Å²) in [7, 11) is 0. The quantitative estimate of drug-likeness (QED) is 0.612. The van der Waals surface area contributed by atoms with Crippen molar-refractivity contribution in [3.63, 3.8) is 0 Å².